The van der Waals surface area contributed by atoms with E-state index >= 15 is 0 Å². The first-order valence-electron chi connectivity index (χ1n) is 9.44. The fourth-order valence-corrected chi connectivity index (χ4v) is 3.57. The van der Waals surface area contributed by atoms with Gasteiger partial charge in [0.25, 0.3) is 0 Å². The molecule has 7 nitrogen and oxygen atoms in total. The second-order valence-electron chi connectivity index (χ2n) is 7.24. The van der Waals surface area contributed by atoms with Gasteiger partial charge >= 0.3 is 12.0 Å². The topological polar surface area (TPSA) is 87.7 Å². The minimum atomic E-state index is -0.603. The Hall–Kier alpha value is -3.19. The molecule has 7 heteroatoms. The number of rotatable bonds is 4. The number of hydrogen-bond acceptors (Lipinski definition) is 5. The van der Waals surface area contributed by atoms with E-state index in [0.717, 1.165) is 22.3 Å². The van der Waals surface area contributed by atoms with E-state index < -0.39 is 23.9 Å². The van der Waals surface area contributed by atoms with Gasteiger partial charge in [0, 0.05) is 12.2 Å². The number of carbonyl (C=O) groups excluding carboxylic acids is 3. The third-order valence-electron chi connectivity index (χ3n) is 5.05. The van der Waals surface area contributed by atoms with Crippen LogP contribution in [-0.4, -0.2) is 42.5 Å². The third-order valence-corrected chi connectivity index (χ3v) is 5.05. The molecule has 0 radical (unpaired) electrons. The number of carbonyl (C=O) groups is 3. The summed E-state index contributed by atoms with van der Waals surface area (Å²) in [6.07, 6.45) is 0.463. The predicted molar refractivity (Wildman–Crippen MR) is 109 cm³/mol. The molecule has 3 rings (SSSR count). The lowest BCUT2D eigenvalue weighted by Gasteiger charge is -2.34. The zero-order valence-corrected chi connectivity index (χ0v) is 16.8. The predicted octanol–water partition coefficient (Wildman–Crippen LogP) is 2.55. The molecule has 0 saturated heterocycles. The molecule has 0 spiro atoms. The SMILES string of the molecule is COC(=O)[C@@H]1Cc2ccccc2CN1CC(=O)NC(=O)Nc1ccc(C)cc1C. The summed E-state index contributed by atoms with van der Waals surface area (Å²) in [6, 6.07) is 12.3. The minimum absolute atomic E-state index is 0.0889. The van der Waals surface area contributed by atoms with E-state index in [1.807, 2.05) is 50.2 Å². The van der Waals surface area contributed by atoms with Crippen molar-refractivity contribution in [3.8, 4) is 0 Å². The average molecular weight is 395 g/mol. The van der Waals surface area contributed by atoms with Gasteiger partial charge in [0.05, 0.1) is 13.7 Å². The Morgan fingerprint density at radius 1 is 1.10 bits per heavy atom. The maximum Gasteiger partial charge on any atom is 0.325 e. The van der Waals surface area contributed by atoms with E-state index in [9.17, 15) is 14.4 Å². The molecular weight excluding hydrogens is 370 g/mol. The van der Waals surface area contributed by atoms with Crippen LogP contribution in [0, 0.1) is 13.8 Å². The number of amides is 3. The van der Waals surface area contributed by atoms with E-state index in [-0.39, 0.29) is 6.54 Å². The van der Waals surface area contributed by atoms with E-state index in [4.69, 9.17) is 4.74 Å². The maximum absolute atomic E-state index is 12.5. The third kappa shape index (κ3) is 5.00. The summed E-state index contributed by atoms with van der Waals surface area (Å²) < 4.78 is 4.91. The van der Waals surface area contributed by atoms with Gasteiger partial charge in [-0.05, 0) is 43.0 Å². The largest absolute Gasteiger partial charge is 0.468 e. The summed E-state index contributed by atoms with van der Waals surface area (Å²) in [5, 5.41) is 5.02. The molecule has 1 heterocycles. The highest BCUT2D eigenvalue weighted by molar-refractivity contribution is 6.02. The van der Waals surface area contributed by atoms with E-state index in [0.29, 0.717) is 18.7 Å². The molecule has 0 bridgehead atoms. The Labute approximate surface area is 170 Å². The van der Waals surface area contributed by atoms with Crippen LogP contribution in [0.4, 0.5) is 10.5 Å². The number of hydrogen-bond donors (Lipinski definition) is 2. The van der Waals surface area contributed by atoms with Crippen molar-refractivity contribution in [3.63, 3.8) is 0 Å². The molecule has 2 aromatic carbocycles. The zero-order valence-electron chi connectivity index (χ0n) is 16.8. The van der Waals surface area contributed by atoms with E-state index in [2.05, 4.69) is 10.6 Å². The molecule has 0 fully saturated rings. The first kappa shape index (κ1) is 20.5. The van der Waals surface area contributed by atoms with Crippen molar-refractivity contribution in [2.24, 2.45) is 0 Å². The van der Waals surface area contributed by atoms with Gasteiger partial charge in [0.1, 0.15) is 6.04 Å². The second-order valence-corrected chi connectivity index (χ2v) is 7.24. The molecular formula is C22H25N3O4. The summed E-state index contributed by atoms with van der Waals surface area (Å²) in [5.41, 5.74) is 4.75. The Morgan fingerprint density at radius 3 is 2.52 bits per heavy atom. The number of aryl methyl sites for hydroxylation is 2. The molecule has 29 heavy (non-hydrogen) atoms. The summed E-state index contributed by atoms with van der Waals surface area (Å²) >= 11 is 0. The molecule has 2 N–H and O–H groups in total. The highest BCUT2D eigenvalue weighted by Crippen LogP contribution is 2.23. The van der Waals surface area contributed by atoms with Gasteiger partial charge in [0.2, 0.25) is 5.91 Å². The van der Waals surface area contributed by atoms with Crippen LogP contribution < -0.4 is 10.6 Å². The van der Waals surface area contributed by atoms with Crippen LogP contribution >= 0.6 is 0 Å². The number of nitrogens with zero attached hydrogens (tertiary/aromatic N) is 1. The molecule has 1 aliphatic rings. The summed E-state index contributed by atoms with van der Waals surface area (Å²) in [7, 11) is 1.33. The number of fused-ring (bicyclic) bond motifs is 1. The number of nitrogens with one attached hydrogen (secondary N) is 2. The van der Waals surface area contributed by atoms with Gasteiger partial charge < -0.3 is 10.1 Å². The summed E-state index contributed by atoms with van der Waals surface area (Å²) in [4.78, 5) is 38.6. The Kier molecular flexibility index (Phi) is 6.29. The molecule has 2 aromatic rings. The number of imide groups is 1. The molecule has 0 saturated carbocycles. The van der Waals surface area contributed by atoms with Gasteiger partial charge in [-0.2, -0.15) is 0 Å². The second kappa shape index (κ2) is 8.87. The Balaban J connectivity index is 1.65. The average Bonchev–Trinajstić information content (AvgIpc) is 2.69. The summed E-state index contributed by atoms with van der Waals surface area (Å²) in [6.45, 7) is 4.20. The quantitative estimate of drug-likeness (QED) is 0.777. The van der Waals surface area contributed by atoms with Gasteiger partial charge in [0.15, 0.2) is 0 Å². The van der Waals surface area contributed by atoms with Crippen LogP contribution in [0.2, 0.25) is 0 Å². The van der Waals surface area contributed by atoms with Crippen molar-refractivity contribution < 1.29 is 19.1 Å². The highest BCUT2D eigenvalue weighted by atomic mass is 16.5. The van der Waals surface area contributed by atoms with Gasteiger partial charge in [-0.25, -0.2) is 4.79 Å². The van der Waals surface area contributed by atoms with Crippen LogP contribution in [0.1, 0.15) is 22.3 Å². The van der Waals surface area contributed by atoms with Crippen molar-refractivity contribution in [1.82, 2.24) is 10.2 Å². The Bertz CT molecular complexity index is 941. The molecule has 0 aliphatic carbocycles. The summed E-state index contributed by atoms with van der Waals surface area (Å²) in [5.74, 6) is -0.882. The number of benzene rings is 2. The molecule has 1 aliphatic heterocycles. The molecule has 0 aromatic heterocycles. The first-order valence-corrected chi connectivity index (χ1v) is 9.44. The van der Waals surface area contributed by atoms with E-state index in [1.54, 1.807) is 11.0 Å². The standard InChI is InChI=1S/C22H25N3O4/c1-14-8-9-18(15(2)10-14)23-22(28)24-20(26)13-25-12-17-7-5-4-6-16(17)11-19(25)21(27)29-3/h4-10,19H,11-13H2,1-3H3,(H2,23,24,26,28)/t19-/m0/s1. The first-order chi connectivity index (χ1) is 13.9. The maximum atomic E-state index is 12.5. The van der Waals surface area contributed by atoms with Crippen molar-refractivity contribution in [2.45, 2.75) is 32.9 Å². The Morgan fingerprint density at radius 2 is 1.83 bits per heavy atom. The molecule has 1 atom stereocenters. The van der Waals surface area contributed by atoms with Gasteiger partial charge in [-0.3, -0.25) is 19.8 Å². The number of methoxy groups -OCH3 is 1. The van der Waals surface area contributed by atoms with Crippen molar-refractivity contribution in [3.05, 3.63) is 64.7 Å². The zero-order chi connectivity index (χ0) is 21.0. The fraction of sp³-hybridized carbons (Fsp3) is 0.318. The van der Waals surface area contributed by atoms with Crippen molar-refractivity contribution >= 4 is 23.6 Å². The van der Waals surface area contributed by atoms with Crippen LogP contribution in [0.25, 0.3) is 0 Å². The monoisotopic (exact) mass is 395 g/mol. The lowest BCUT2D eigenvalue weighted by molar-refractivity contribution is -0.148. The molecule has 0 unspecified atom stereocenters. The number of ether oxygens (including phenoxy) is 1. The molecule has 3 amide bonds. The number of anilines is 1. The van der Waals surface area contributed by atoms with Crippen LogP contribution in [0.15, 0.2) is 42.5 Å². The number of urea groups is 1. The van der Waals surface area contributed by atoms with Crippen LogP contribution in [0.3, 0.4) is 0 Å². The lowest BCUT2D eigenvalue weighted by atomic mass is 9.94. The normalized spacial score (nSPS) is 15.9. The number of esters is 1. The van der Waals surface area contributed by atoms with Gasteiger partial charge in [-0.15, -0.1) is 0 Å². The highest BCUT2D eigenvalue weighted by Gasteiger charge is 2.33. The minimum Gasteiger partial charge on any atom is -0.468 e. The van der Waals surface area contributed by atoms with Crippen molar-refractivity contribution in [2.75, 3.05) is 19.0 Å². The van der Waals surface area contributed by atoms with Crippen molar-refractivity contribution in [1.29, 1.82) is 0 Å². The van der Waals surface area contributed by atoms with Crippen LogP contribution in [-0.2, 0) is 27.3 Å². The lowest BCUT2D eigenvalue weighted by Crippen LogP contribution is -2.51. The van der Waals surface area contributed by atoms with Gasteiger partial charge in [-0.1, -0.05) is 42.0 Å². The van der Waals surface area contributed by atoms with Crippen LogP contribution in [0.5, 0.6) is 0 Å². The van der Waals surface area contributed by atoms with E-state index in [1.165, 1.54) is 7.11 Å². The molecule has 152 valence electrons. The fourth-order valence-electron chi connectivity index (χ4n) is 3.57. The smallest absolute Gasteiger partial charge is 0.325 e.